The highest BCUT2D eigenvalue weighted by atomic mass is 32.2. The van der Waals surface area contributed by atoms with Crippen molar-refractivity contribution in [2.24, 2.45) is 5.73 Å². The second-order valence-electron chi connectivity index (χ2n) is 4.92. The molecular weight excluding hydrogens is 256 g/mol. The SMILES string of the molecule is CCC1CN(C(CN)c2ccc(OC)cc2)CCS1. The zero-order chi connectivity index (χ0) is 13.7. The van der Waals surface area contributed by atoms with Crippen molar-refractivity contribution in [1.29, 1.82) is 0 Å². The van der Waals surface area contributed by atoms with Crippen molar-refractivity contribution in [3.8, 4) is 5.75 Å². The first kappa shape index (κ1) is 14.7. The van der Waals surface area contributed by atoms with Crippen LogP contribution in [0.5, 0.6) is 5.75 Å². The van der Waals surface area contributed by atoms with E-state index in [1.54, 1.807) is 7.11 Å². The largest absolute Gasteiger partial charge is 0.497 e. The van der Waals surface area contributed by atoms with Crippen LogP contribution in [0, 0.1) is 0 Å². The van der Waals surface area contributed by atoms with Gasteiger partial charge in [-0.25, -0.2) is 0 Å². The molecule has 2 rings (SSSR count). The van der Waals surface area contributed by atoms with Crippen molar-refractivity contribution in [3.63, 3.8) is 0 Å². The molecule has 0 aromatic heterocycles. The summed E-state index contributed by atoms with van der Waals surface area (Å²) in [6, 6.07) is 8.65. The first-order valence-corrected chi connectivity index (χ1v) is 8.03. The third-order valence-corrected chi connectivity index (χ3v) is 5.16. The zero-order valence-electron chi connectivity index (χ0n) is 11.8. The van der Waals surface area contributed by atoms with E-state index in [1.165, 1.54) is 17.7 Å². The summed E-state index contributed by atoms with van der Waals surface area (Å²) in [5, 5.41) is 0.751. The topological polar surface area (TPSA) is 38.5 Å². The third-order valence-electron chi connectivity index (χ3n) is 3.79. The molecule has 19 heavy (non-hydrogen) atoms. The molecule has 2 unspecified atom stereocenters. The average molecular weight is 280 g/mol. The Morgan fingerprint density at radius 2 is 2.16 bits per heavy atom. The summed E-state index contributed by atoms with van der Waals surface area (Å²) in [7, 11) is 1.70. The maximum atomic E-state index is 6.01. The molecule has 1 aliphatic rings. The third kappa shape index (κ3) is 3.65. The number of rotatable bonds is 5. The Morgan fingerprint density at radius 3 is 2.74 bits per heavy atom. The number of hydrogen-bond acceptors (Lipinski definition) is 4. The lowest BCUT2D eigenvalue weighted by Gasteiger charge is -2.37. The normalized spacial score (nSPS) is 22.2. The number of nitrogens with zero attached hydrogens (tertiary/aromatic N) is 1. The number of ether oxygens (including phenoxy) is 1. The van der Waals surface area contributed by atoms with Crippen LogP contribution in [0.2, 0.25) is 0 Å². The van der Waals surface area contributed by atoms with Crippen LogP contribution in [0.25, 0.3) is 0 Å². The Hall–Kier alpha value is -0.710. The lowest BCUT2D eigenvalue weighted by atomic mass is 10.0. The molecule has 1 heterocycles. The molecule has 0 spiro atoms. The van der Waals surface area contributed by atoms with Crippen LogP contribution >= 0.6 is 11.8 Å². The monoisotopic (exact) mass is 280 g/mol. The first-order chi connectivity index (χ1) is 9.28. The predicted molar refractivity (Wildman–Crippen MR) is 82.9 cm³/mol. The molecule has 1 aromatic carbocycles. The fourth-order valence-corrected chi connectivity index (χ4v) is 3.80. The van der Waals surface area contributed by atoms with Gasteiger partial charge < -0.3 is 10.5 Å². The minimum atomic E-state index is 0.334. The zero-order valence-corrected chi connectivity index (χ0v) is 12.7. The van der Waals surface area contributed by atoms with Crippen LogP contribution < -0.4 is 10.5 Å². The lowest BCUT2D eigenvalue weighted by Crippen LogP contribution is -2.42. The highest BCUT2D eigenvalue weighted by Gasteiger charge is 2.25. The van der Waals surface area contributed by atoms with Gasteiger partial charge in [0.05, 0.1) is 7.11 Å². The van der Waals surface area contributed by atoms with E-state index < -0.39 is 0 Å². The molecule has 0 saturated carbocycles. The Balaban J connectivity index is 2.09. The highest BCUT2D eigenvalue weighted by molar-refractivity contribution is 8.00. The van der Waals surface area contributed by atoms with Crippen LogP contribution in [0.15, 0.2) is 24.3 Å². The van der Waals surface area contributed by atoms with Crippen LogP contribution in [-0.4, -0.2) is 42.6 Å². The molecule has 2 N–H and O–H groups in total. The average Bonchev–Trinajstić information content (AvgIpc) is 2.49. The predicted octanol–water partition coefficient (Wildman–Crippen LogP) is 2.52. The maximum absolute atomic E-state index is 6.01. The minimum absolute atomic E-state index is 0.334. The summed E-state index contributed by atoms with van der Waals surface area (Å²) in [6.07, 6.45) is 1.24. The Bertz CT molecular complexity index is 382. The molecule has 0 aliphatic carbocycles. The van der Waals surface area contributed by atoms with Gasteiger partial charge >= 0.3 is 0 Å². The lowest BCUT2D eigenvalue weighted by molar-refractivity contribution is 0.207. The van der Waals surface area contributed by atoms with Gasteiger partial charge in [0.1, 0.15) is 5.75 Å². The van der Waals surface area contributed by atoms with Crippen molar-refractivity contribution in [3.05, 3.63) is 29.8 Å². The molecule has 0 radical (unpaired) electrons. The van der Waals surface area contributed by atoms with E-state index in [1.807, 2.05) is 12.1 Å². The van der Waals surface area contributed by atoms with E-state index in [9.17, 15) is 0 Å². The van der Waals surface area contributed by atoms with E-state index in [2.05, 4.69) is 35.7 Å². The molecule has 4 heteroatoms. The Kier molecular flexibility index (Phi) is 5.55. The summed E-state index contributed by atoms with van der Waals surface area (Å²) in [6.45, 7) is 5.23. The van der Waals surface area contributed by atoms with Gasteiger partial charge in [0.25, 0.3) is 0 Å². The second-order valence-corrected chi connectivity index (χ2v) is 6.33. The number of benzene rings is 1. The maximum Gasteiger partial charge on any atom is 0.118 e. The molecule has 1 fully saturated rings. The summed E-state index contributed by atoms with van der Waals surface area (Å²) < 4.78 is 5.21. The Morgan fingerprint density at radius 1 is 1.42 bits per heavy atom. The van der Waals surface area contributed by atoms with Crippen LogP contribution in [0.4, 0.5) is 0 Å². The minimum Gasteiger partial charge on any atom is -0.497 e. The van der Waals surface area contributed by atoms with Crippen molar-refractivity contribution in [2.45, 2.75) is 24.6 Å². The number of methoxy groups -OCH3 is 1. The number of hydrogen-bond donors (Lipinski definition) is 1. The summed E-state index contributed by atoms with van der Waals surface area (Å²) in [5.74, 6) is 2.12. The molecule has 0 amide bonds. The fourth-order valence-electron chi connectivity index (χ4n) is 2.59. The smallest absolute Gasteiger partial charge is 0.118 e. The summed E-state index contributed by atoms with van der Waals surface area (Å²) in [5.41, 5.74) is 7.31. The fraction of sp³-hybridized carbons (Fsp3) is 0.600. The Labute approximate surface area is 120 Å². The van der Waals surface area contributed by atoms with Gasteiger partial charge in [0.2, 0.25) is 0 Å². The van der Waals surface area contributed by atoms with Crippen LogP contribution in [-0.2, 0) is 0 Å². The standard InChI is InChI=1S/C15H24N2OS/c1-3-14-11-17(8-9-19-14)15(10-16)12-4-6-13(18-2)7-5-12/h4-7,14-15H,3,8-11,16H2,1-2H3. The highest BCUT2D eigenvalue weighted by Crippen LogP contribution is 2.29. The number of thioether (sulfide) groups is 1. The second kappa shape index (κ2) is 7.17. The first-order valence-electron chi connectivity index (χ1n) is 6.98. The van der Waals surface area contributed by atoms with Crippen LogP contribution in [0.3, 0.4) is 0 Å². The van der Waals surface area contributed by atoms with E-state index in [0.29, 0.717) is 12.6 Å². The van der Waals surface area contributed by atoms with Gasteiger partial charge in [-0.3, -0.25) is 4.90 Å². The van der Waals surface area contributed by atoms with Gasteiger partial charge in [0, 0.05) is 36.7 Å². The van der Waals surface area contributed by atoms with Gasteiger partial charge in [-0.05, 0) is 24.1 Å². The molecule has 0 bridgehead atoms. The van der Waals surface area contributed by atoms with Crippen LogP contribution in [0.1, 0.15) is 24.9 Å². The molecule has 1 aliphatic heterocycles. The molecule has 106 valence electrons. The molecule has 1 saturated heterocycles. The van der Waals surface area contributed by atoms with Gasteiger partial charge in [-0.15, -0.1) is 0 Å². The van der Waals surface area contributed by atoms with Gasteiger partial charge in [-0.2, -0.15) is 11.8 Å². The van der Waals surface area contributed by atoms with E-state index in [0.717, 1.165) is 24.1 Å². The van der Waals surface area contributed by atoms with E-state index in [4.69, 9.17) is 10.5 Å². The van der Waals surface area contributed by atoms with Crippen molar-refractivity contribution >= 4 is 11.8 Å². The van der Waals surface area contributed by atoms with Crippen molar-refractivity contribution in [1.82, 2.24) is 4.90 Å². The van der Waals surface area contributed by atoms with E-state index in [-0.39, 0.29) is 0 Å². The molecule has 2 atom stereocenters. The molecular formula is C15H24N2OS. The van der Waals surface area contributed by atoms with E-state index >= 15 is 0 Å². The van der Waals surface area contributed by atoms with Crippen molar-refractivity contribution < 1.29 is 4.74 Å². The summed E-state index contributed by atoms with van der Waals surface area (Å²) >= 11 is 2.09. The van der Waals surface area contributed by atoms with Crippen molar-refractivity contribution in [2.75, 3.05) is 32.5 Å². The van der Waals surface area contributed by atoms with Gasteiger partial charge in [0.15, 0.2) is 0 Å². The van der Waals surface area contributed by atoms with Gasteiger partial charge in [-0.1, -0.05) is 19.1 Å². The molecule has 1 aromatic rings. The quantitative estimate of drug-likeness (QED) is 0.899. The summed E-state index contributed by atoms with van der Waals surface area (Å²) in [4.78, 5) is 2.53. The number of nitrogens with two attached hydrogens (primary N) is 1. The molecule has 3 nitrogen and oxygen atoms in total.